The Kier molecular flexibility index (Phi) is 10.4. The average molecular weight is 236 g/mol. The Morgan fingerprint density at radius 2 is 1.35 bits per heavy atom. The van der Waals surface area contributed by atoms with E-state index >= 15 is 0 Å². The lowest BCUT2D eigenvalue weighted by Crippen LogP contribution is -2.43. The largest absolute Gasteiger partial charge is 0.553 e. The molecular weight excluding hydrogens is 207 g/mol. The van der Waals surface area contributed by atoms with Gasteiger partial charge >= 0.3 is 0 Å². The summed E-state index contributed by atoms with van der Waals surface area (Å²) in [6.07, 6.45) is 12.3. The molecule has 0 aliphatic rings. The van der Waals surface area contributed by atoms with Gasteiger partial charge in [0, 0.05) is 20.6 Å². The molecule has 0 fully saturated rings. The molecule has 0 aliphatic carbocycles. The smallest absolute Gasteiger partial charge is 0.126 e. The minimum atomic E-state index is 0.729. The van der Waals surface area contributed by atoms with Gasteiger partial charge in [0.1, 0.15) is 7.41 Å². The molecule has 0 saturated heterocycles. The first-order chi connectivity index (χ1) is 8.12. The molecule has 0 rings (SSSR count). The normalized spacial score (nSPS) is 11.4. The highest BCUT2D eigenvalue weighted by atomic mass is 15.2. The van der Waals surface area contributed by atoms with Crippen LogP contribution in [0.25, 0.3) is 0 Å². The molecule has 3 heteroatoms. The third-order valence-corrected chi connectivity index (χ3v) is 3.25. The predicted octanol–water partition coefficient (Wildman–Crippen LogP) is 3.69. The third kappa shape index (κ3) is 11.8. The molecule has 0 saturated carbocycles. The fraction of sp³-hybridized carbons (Fsp3) is 0.929. The summed E-state index contributed by atoms with van der Waals surface area (Å²) in [5.41, 5.74) is 0. The van der Waals surface area contributed by atoms with Crippen LogP contribution in [0.5, 0.6) is 0 Å². The molecule has 17 heavy (non-hydrogen) atoms. The highest BCUT2D eigenvalue weighted by molar-refractivity contribution is 6.36. The third-order valence-electron chi connectivity index (χ3n) is 3.25. The maximum absolute atomic E-state index is 8.62. The highest BCUT2D eigenvalue weighted by Gasteiger charge is 2.02. The highest BCUT2D eigenvalue weighted by Crippen LogP contribution is 2.10. The van der Waals surface area contributed by atoms with E-state index in [4.69, 9.17) is 5.26 Å². The fourth-order valence-corrected chi connectivity index (χ4v) is 2.05. The molecule has 0 aromatic heterocycles. The standard InChI is InChI=1S/C14H29BN2/c1-4-5-6-7-8-9-10-11-12-13-17(2,3)15-14-16/h4-13H2,1-3H3. The van der Waals surface area contributed by atoms with E-state index in [0.717, 1.165) is 10.9 Å². The summed E-state index contributed by atoms with van der Waals surface area (Å²) in [5, 5.41) is 8.62. The van der Waals surface area contributed by atoms with Crippen LogP contribution in [-0.2, 0) is 0 Å². The summed E-state index contributed by atoms with van der Waals surface area (Å²) >= 11 is 0. The number of rotatable bonds is 11. The van der Waals surface area contributed by atoms with Crippen molar-refractivity contribution in [2.24, 2.45) is 0 Å². The molecule has 0 amide bonds. The minimum Gasteiger partial charge on any atom is -0.553 e. The number of nitriles is 1. The second-order valence-electron chi connectivity index (χ2n) is 5.59. The molecule has 0 aromatic rings. The topological polar surface area (TPSA) is 23.8 Å². The molecule has 98 valence electrons. The van der Waals surface area contributed by atoms with Crippen LogP contribution in [0.15, 0.2) is 0 Å². The Hall–Kier alpha value is -0.485. The zero-order valence-corrected chi connectivity index (χ0v) is 12.0. The van der Waals surface area contributed by atoms with Crippen LogP contribution in [0.1, 0.15) is 64.7 Å². The van der Waals surface area contributed by atoms with Crippen molar-refractivity contribution in [3.63, 3.8) is 0 Å². The van der Waals surface area contributed by atoms with E-state index in [1.165, 1.54) is 57.8 Å². The van der Waals surface area contributed by atoms with Crippen molar-refractivity contribution >= 4 is 7.41 Å². The van der Waals surface area contributed by atoms with Gasteiger partial charge in [-0.25, -0.2) is 5.26 Å². The lowest BCUT2D eigenvalue weighted by atomic mass is 9.91. The minimum absolute atomic E-state index is 0.729. The van der Waals surface area contributed by atoms with Crippen molar-refractivity contribution in [1.82, 2.24) is 0 Å². The molecule has 0 unspecified atom stereocenters. The van der Waals surface area contributed by atoms with Gasteiger partial charge in [0.2, 0.25) is 0 Å². The van der Waals surface area contributed by atoms with E-state index in [1.807, 2.05) is 0 Å². The van der Waals surface area contributed by atoms with Crippen LogP contribution < -0.4 is 0 Å². The SMILES string of the molecule is CCCCCCCCCCC[N+](C)(C)[B-]C#N. The monoisotopic (exact) mass is 236 g/mol. The van der Waals surface area contributed by atoms with Crippen LogP contribution in [-0.4, -0.2) is 32.4 Å². The Morgan fingerprint density at radius 3 is 1.82 bits per heavy atom. The van der Waals surface area contributed by atoms with E-state index in [1.54, 1.807) is 7.41 Å². The number of hydrogen-bond donors (Lipinski definition) is 0. The molecule has 0 atom stereocenters. The zero-order valence-electron chi connectivity index (χ0n) is 12.0. The van der Waals surface area contributed by atoms with Gasteiger partial charge in [0.15, 0.2) is 0 Å². The van der Waals surface area contributed by atoms with Gasteiger partial charge in [-0.1, -0.05) is 51.9 Å². The van der Waals surface area contributed by atoms with E-state index in [9.17, 15) is 0 Å². The second kappa shape index (κ2) is 10.7. The van der Waals surface area contributed by atoms with Crippen LogP contribution >= 0.6 is 0 Å². The molecular formula is C14H29BN2. The van der Waals surface area contributed by atoms with Crippen molar-refractivity contribution in [2.75, 3.05) is 20.6 Å². The van der Waals surface area contributed by atoms with Crippen molar-refractivity contribution in [3.05, 3.63) is 0 Å². The molecule has 2 radical (unpaired) electrons. The summed E-state index contributed by atoms with van der Waals surface area (Å²) < 4.78 is 0.729. The Morgan fingerprint density at radius 1 is 0.882 bits per heavy atom. The van der Waals surface area contributed by atoms with Gasteiger partial charge in [-0.2, -0.15) is 0 Å². The maximum Gasteiger partial charge on any atom is 0.126 e. The maximum atomic E-state index is 8.62. The summed E-state index contributed by atoms with van der Waals surface area (Å²) in [6.45, 7) is 3.35. The average Bonchev–Trinajstić information content (AvgIpc) is 2.27. The van der Waals surface area contributed by atoms with Gasteiger partial charge < -0.3 is 4.39 Å². The van der Waals surface area contributed by atoms with Crippen LogP contribution in [0.4, 0.5) is 0 Å². The fourth-order valence-electron chi connectivity index (χ4n) is 2.05. The Bertz CT molecular complexity index is 209. The molecule has 0 heterocycles. The van der Waals surface area contributed by atoms with E-state index in [0.29, 0.717) is 0 Å². The van der Waals surface area contributed by atoms with Crippen LogP contribution in [0, 0.1) is 11.2 Å². The first-order valence-corrected chi connectivity index (χ1v) is 7.19. The van der Waals surface area contributed by atoms with Crippen LogP contribution in [0.2, 0.25) is 0 Å². The number of nitrogens with zero attached hydrogens (tertiary/aromatic N) is 2. The molecule has 2 nitrogen and oxygen atoms in total. The summed E-state index contributed by atoms with van der Waals surface area (Å²) in [6, 6.07) is 0. The van der Waals surface area contributed by atoms with Crippen LogP contribution in [0.3, 0.4) is 0 Å². The molecule has 0 N–H and O–H groups in total. The van der Waals surface area contributed by atoms with Crippen molar-refractivity contribution < 1.29 is 4.39 Å². The van der Waals surface area contributed by atoms with E-state index in [-0.39, 0.29) is 0 Å². The van der Waals surface area contributed by atoms with E-state index < -0.39 is 0 Å². The zero-order chi connectivity index (χ0) is 13.0. The van der Waals surface area contributed by atoms with Crippen molar-refractivity contribution in [1.29, 1.82) is 5.26 Å². The Balaban J connectivity index is 3.21. The van der Waals surface area contributed by atoms with Crippen molar-refractivity contribution in [3.8, 4) is 5.97 Å². The summed E-state index contributed by atoms with van der Waals surface area (Å²) in [7, 11) is 5.90. The van der Waals surface area contributed by atoms with Crippen molar-refractivity contribution in [2.45, 2.75) is 64.7 Å². The molecule has 0 aromatic carbocycles. The summed E-state index contributed by atoms with van der Waals surface area (Å²) in [4.78, 5) is 0. The summed E-state index contributed by atoms with van der Waals surface area (Å²) in [5.74, 6) is 2.14. The molecule has 0 bridgehead atoms. The quantitative estimate of drug-likeness (QED) is 0.396. The lowest BCUT2D eigenvalue weighted by Gasteiger charge is -2.40. The van der Waals surface area contributed by atoms with Gasteiger partial charge in [-0.3, -0.25) is 0 Å². The molecule has 0 spiro atoms. The molecule has 0 aliphatic heterocycles. The second-order valence-corrected chi connectivity index (χ2v) is 5.59. The van der Waals surface area contributed by atoms with Gasteiger partial charge in [0.25, 0.3) is 0 Å². The Labute approximate surface area is 109 Å². The number of hydrogen-bond acceptors (Lipinski definition) is 1. The number of unbranched alkanes of at least 4 members (excludes halogenated alkanes) is 8. The first kappa shape index (κ1) is 16.5. The van der Waals surface area contributed by atoms with Gasteiger partial charge in [0.05, 0.1) is 0 Å². The van der Waals surface area contributed by atoms with E-state index in [2.05, 4.69) is 27.0 Å². The first-order valence-electron chi connectivity index (χ1n) is 7.19. The van der Waals surface area contributed by atoms with Gasteiger partial charge in [-0.05, 0) is 12.8 Å². The van der Waals surface area contributed by atoms with Gasteiger partial charge in [-0.15, -0.1) is 5.97 Å². The number of quaternary nitrogens is 1. The predicted molar refractivity (Wildman–Crippen MR) is 75.6 cm³/mol. The lowest BCUT2D eigenvalue weighted by molar-refractivity contribution is -0.777.